The van der Waals surface area contributed by atoms with Crippen LogP contribution in [0.1, 0.15) is 30.9 Å². The Morgan fingerprint density at radius 2 is 2.09 bits per heavy atom. The number of thioether (sulfide) groups is 1. The average molecular weight is 335 g/mol. The molecule has 22 heavy (non-hydrogen) atoms. The fourth-order valence-electron chi connectivity index (χ4n) is 1.90. The fraction of sp³-hybridized carbons (Fsp3) is 0.538. The summed E-state index contributed by atoms with van der Waals surface area (Å²) in [6.45, 7) is 4.98. The van der Waals surface area contributed by atoms with Crippen molar-refractivity contribution in [3.63, 3.8) is 0 Å². The van der Waals surface area contributed by atoms with Crippen LogP contribution in [-0.4, -0.2) is 15.2 Å². The van der Waals surface area contributed by atoms with Crippen molar-refractivity contribution in [2.75, 3.05) is 0 Å². The maximum atomic E-state index is 13.1. The molecule has 2 heterocycles. The highest BCUT2D eigenvalue weighted by Crippen LogP contribution is 2.33. The number of hydroxylamine groups is 1. The molecule has 1 aromatic heterocycles. The van der Waals surface area contributed by atoms with E-state index in [0.717, 1.165) is 16.3 Å². The monoisotopic (exact) mass is 335 g/mol. The summed E-state index contributed by atoms with van der Waals surface area (Å²) in [7, 11) is 1.40. The van der Waals surface area contributed by atoms with E-state index in [1.807, 2.05) is 0 Å². The molecule has 0 saturated heterocycles. The largest absolute Gasteiger partial charge is 0.433 e. The molecule has 0 atom stereocenters. The lowest BCUT2D eigenvalue weighted by Gasteiger charge is -2.14. The first kappa shape index (κ1) is 16.9. The lowest BCUT2D eigenvalue weighted by molar-refractivity contribution is -0.142. The molecule has 9 heteroatoms. The Morgan fingerprint density at radius 1 is 1.45 bits per heavy atom. The van der Waals surface area contributed by atoms with Gasteiger partial charge in [0.2, 0.25) is 0 Å². The number of aryl methyl sites for hydroxylation is 1. The second kappa shape index (κ2) is 5.62. The molecule has 1 aliphatic rings. The van der Waals surface area contributed by atoms with Crippen LogP contribution in [0.5, 0.6) is 0 Å². The van der Waals surface area contributed by atoms with Gasteiger partial charge in [-0.1, -0.05) is 0 Å². The van der Waals surface area contributed by atoms with Gasteiger partial charge in [-0.2, -0.15) is 13.2 Å². The number of rotatable bonds is 3. The molecule has 1 aromatic rings. The zero-order valence-corrected chi connectivity index (χ0v) is 13.4. The Morgan fingerprint density at radius 3 is 2.59 bits per heavy atom. The first-order valence-corrected chi connectivity index (χ1v) is 7.43. The van der Waals surface area contributed by atoms with Crippen molar-refractivity contribution in [3.8, 4) is 0 Å². The van der Waals surface area contributed by atoms with Crippen molar-refractivity contribution >= 4 is 11.8 Å². The van der Waals surface area contributed by atoms with Crippen LogP contribution in [0.2, 0.25) is 0 Å². The summed E-state index contributed by atoms with van der Waals surface area (Å²) in [4.78, 5) is 20.9. The Hall–Kier alpha value is -1.48. The third-order valence-electron chi connectivity index (χ3n) is 3.14. The van der Waals surface area contributed by atoms with Crippen molar-refractivity contribution < 1.29 is 18.0 Å². The van der Waals surface area contributed by atoms with E-state index < -0.39 is 23.0 Å². The number of nitrogens with one attached hydrogen (secondary N) is 1. The van der Waals surface area contributed by atoms with Gasteiger partial charge in [0.25, 0.3) is 5.56 Å². The minimum Gasteiger partial charge on any atom is -0.300 e. The molecule has 0 aliphatic carbocycles. The smallest absolute Gasteiger partial charge is 0.300 e. The number of aromatic nitrogens is 2. The fourth-order valence-corrected chi connectivity index (χ4v) is 2.92. The van der Waals surface area contributed by atoms with Crippen molar-refractivity contribution in [2.24, 2.45) is 7.05 Å². The molecule has 122 valence electrons. The van der Waals surface area contributed by atoms with E-state index in [-0.39, 0.29) is 17.1 Å². The summed E-state index contributed by atoms with van der Waals surface area (Å²) in [6.07, 6.45) is -2.92. The lowest BCUT2D eigenvalue weighted by Crippen LogP contribution is -2.29. The van der Waals surface area contributed by atoms with E-state index in [4.69, 9.17) is 4.84 Å². The first-order chi connectivity index (χ1) is 10.0. The van der Waals surface area contributed by atoms with Gasteiger partial charge >= 0.3 is 6.18 Å². The number of nitrogens with zero attached hydrogens (tertiary/aromatic N) is 2. The number of hydrogen-bond donors (Lipinski definition) is 1. The van der Waals surface area contributed by atoms with Crippen molar-refractivity contribution in [3.05, 3.63) is 38.5 Å². The Labute approximate surface area is 129 Å². The van der Waals surface area contributed by atoms with E-state index in [0.29, 0.717) is 5.03 Å². The normalized spacial score (nSPS) is 17.3. The maximum Gasteiger partial charge on any atom is 0.433 e. The van der Waals surface area contributed by atoms with Gasteiger partial charge in [0.1, 0.15) is 11.4 Å². The minimum absolute atomic E-state index is 0.0220. The Bertz CT molecular complexity index is 680. The van der Waals surface area contributed by atoms with Crippen LogP contribution in [0.4, 0.5) is 13.2 Å². The van der Waals surface area contributed by atoms with Crippen LogP contribution in [0.25, 0.3) is 0 Å². The zero-order valence-electron chi connectivity index (χ0n) is 12.5. The Kier molecular flexibility index (Phi) is 4.31. The van der Waals surface area contributed by atoms with Crippen molar-refractivity contribution in [2.45, 2.75) is 38.3 Å². The molecule has 0 saturated carbocycles. The molecule has 0 fully saturated rings. The van der Waals surface area contributed by atoms with E-state index in [9.17, 15) is 18.0 Å². The highest BCUT2D eigenvalue weighted by molar-refractivity contribution is 8.02. The van der Waals surface area contributed by atoms with E-state index in [2.05, 4.69) is 10.5 Å². The van der Waals surface area contributed by atoms with Gasteiger partial charge in [-0.05, 0) is 26.8 Å². The summed E-state index contributed by atoms with van der Waals surface area (Å²) in [5, 5.41) is 0.570. The van der Waals surface area contributed by atoms with Crippen molar-refractivity contribution in [1.82, 2.24) is 15.0 Å². The van der Waals surface area contributed by atoms with Gasteiger partial charge in [0, 0.05) is 12.8 Å². The van der Waals surface area contributed by atoms with Gasteiger partial charge in [0.05, 0.1) is 10.6 Å². The quantitative estimate of drug-likeness (QED) is 0.920. The zero-order chi connectivity index (χ0) is 16.7. The topological polar surface area (TPSA) is 56.1 Å². The van der Waals surface area contributed by atoms with Crippen molar-refractivity contribution in [1.29, 1.82) is 0 Å². The summed E-state index contributed by atoms with van der Waals surface area (Å²) in [6, 6.07) is 0. The molecule has 0 radical (unpaired) electrons. The standard InChI is InChI=1S/C13H16F3N3O2S/c1-7-17-10(13(14,15)16)8(11(20)19(7)4)6-22-9-5-12(2,3)21-18-9/h5,18H,6H2,1-4H3. The number of halogens is 3. The predicted molar refractivity (Wildman–Crippen MR) is 76.9 cm³/mol. The molecule has 5 nitrogen and oxygen atoms in total. The van der Waals surface area contributed by atoms with Gasteiger partial charge in [-0.25, -0.2) is 4.98 Å². The SMILES string of the molecule is Cc1nc(C(F)(F)F)c(CSC2=CC(C)(C)ON2)c(=O)n1C. The van der Waals surface area contributed by atoms with E-state index >= 15 is 0 Å². The second-order valence-corrected chi connectivity index (χ2v) is 6.47. The second-order valence-electron chi connectivity index (χ2n) is 5.45. The molecule has 0 spiro atoms. The highest BCUT2D eigenvalue weighted by Gasteiger charge is 2.37. The summed E-state index contributed by atoms with van der Waals surface area (Å²) in [5.74, 6) is -0.124. The van der Waals surface area contributed by atoms with Crippen LogP contribution < -0.4 is 11.0 Å². The highest BCUT2D eigenvalue weighted by atomic mass is 32.2. The molecule has 0 amide bonds. The van der Waals surface area contributed by atoms with Crippen LogP contribution in [0.15, 0.2) is 15.9 Å². The summed E-state index contributed by atoms with van der Waals surface area (Å²) < 4.78 is 40.4. The first-order valence-electron chi connectivity index (χ1n) is 6.44. The number of alkyl halides is 3. The number of hydrogen-bond acceptors (Lipinski definition) is 5. The van der Waals surface area contributed by atoms with Crippen LogP contribution >= 0.6 is 11.8 Å². The molecular weight excluding hydrogens is 319 g/mol. The third-order valence-corrected chi connectivity index (χ3v) is 4.09. The van der Waals surface area contributed by atoms with Gasteiger partial charge in [0.15, 0.2) is 5.69 Å². The molecule has 0 unspecified atom stereocenters. The molecule has 0 bridgehead atoms. The van der Waals surface area contributed by atoms with E-state index in [1.54, 1.807) is 19.9 Å². The summed E-state index contributed by atoms with van der Waals surface area (Å²) in [5.41, 5.74) is -0.0790. The van der Waals surface area contributed by atoms with Gasteiger partial charge in [-0.15, -0.1) is 11.8 Å². The molecule has 0 aromatic carbocycles. The molecule has 2 rings (SSSR count). The lowest BCUT2D eigenvalue weighted by atomic mass is 10.1. The maximum absolute atomic E-state index is 13.1. The van der Waals surface area contributed by atoms with Crippen LogP contribution in [-0.2, 0) is 23.8 Å². The molecule has 1 aliphatic heterocycles. The minimum atomic E-state index is -4.67. The van der Waals surface area contributed by atoms with Crippen LogP contribution in [0.3, 0.4) is 0 Å². The Balaban J connectivity index is 2.35. The van der Waals surface area contributed by atoms with E-state index in [1.165, 1.54) is 14.0 Å². The van der Waals surface area contributed by atoms with Gasteiger partial charge < -0.3 is 0 Å². The molecular formula is C13H16F3N3O2S. The van der Waals surface area contributed by atoms with Gasteiger partial charge in [-0.3, -0.25) is 19.7 Å². The van der Waals surface area contributed by atoms with Crippen LogP contribution in [0, 0.1) is 6.92 Å². The third kappa shape index (κ3) is 3.46. The molecule has 1 N–H and O–H groups in total. The predicted octanol–water partition coefficient (Wildman–Crippen LogP) is 2.50. The average Bonchev–Trinajstić information content (AvgIpc) is 2.73. The summed E-state index contributed by atoms with van der Waals surface area (Å²) >= 11 is 1.07.